The predicted molar refractivity (Wildman–Crippen MR) is 131 cm³/mol. The van der Waals surface area contributed by atoms with Crippen LogP contribution in [0, 0.1) is 11.3 Å². The van der Waals surface area contributed by atoms with Gasteiger partial charge in [-0.15, -0.1) is 11.8 Å². The van der Waals surface area contributed by atoms with Crippen molar-refractivity contribution in [3.8, 4) is 22.9 Å². The fraction of sp³-hybridized carbons (Fsp3) is 0.280. The number of anilines is 1. The van der Waals surface area contributed by atoms with Crippen LogP contribution in [0.1, 0.15) is 17.5 Å². The highest BCUT2D eigenvalue weighted by Gasteiger charge is 2.44. The van der Waals surface area contributed by atoms with Gasteiger partial charge in [0.1, 0.15) is 17.6 Å². The number of nitriles is 1. The molecule has 0 aliphatic carbocycles. The molecule has 2 atom stereocenters. The molecular formula is C25H23N7OS. The average molecular weight is 470 g/mol. The highest BCUT2D eigenvalue weighted by molar-refractivity contribution is 7.98. The van der Waals surface area contributed by atoms with Crippen molar-refractivity contribution in [1.82, 2.24) is 24.5 Å². The Morgan fingerprint density at radius 2 is 1.97 bits per heavy atom. The number of thioether (sulfide) groups is 1. The minimum atomic E-state index is 0.0914. The maximum atomic E-state index is 10.1. The van der Waals surface area contributed by atoms with Gasteiger partial charge in [-0.3, -0.25) is 4.90 Å². The van der Waals surface area contributed by atoms with Gasteiger partial charge in [-0.05, 0) is 42.5 Å². The minimum absolute atomic E-state index is 0.0914. The summed E-state index contributed by atoms with van der Waals surface area (Å²) in [5.41, 5.74) is 3.98. The van der Waals surface area contributed by atoms with Crippen LogP contribution in [0.4, 0.5) is 5.82 Å². The molecule has 3 saturated heterocycles. The summed E-state index contributed by atoms with van der Waals surface area (Å²) in [6.07, 6.45) is 10.1. The van der Waals surface area contributed by atoms with Gasteiger partial charge in [-0.1, -0.05) is 6.07 Å². The average Bonchev–Trinajstić information content (AvgIpc) is 3.30. The van der Waals surface area contributed by atoms with Crippen LogP contribution in [0.25, 0.3) is 16.6 Å². The molecule has 0 saturated carbocycles. The van der Waals surface area contributed by atoms with E-state index in [-0.39, 0.29) is 5.75 Å². The number of nitrogens with zero attached hydrogens (tertiary/aromatic N) is 7. The van der Waals surface area contributed by atoms with Crippen LogP contribution in [0.5, 0.6) is 5.75 Å². The lowest BCUT2D eigenvalue weighted by molar-refractivity contribution is -0.00877. The zero-order valence-corrected chi connectivity index (χ0v) is 19.5. The second-order valence-electron chi connectivity index (χ2n) is 8.81. The molecule has 0 radical (unpaired) electrons. The Morgan fingerprint density at radius 3 is 2.65 bits per heavy atom. The summed E-state index contributed by atoms with van der Waals surface area (Å²) >= 11 is 1.66. The maximum absolute atomic E-state index is 10.1. The normalized spacial score (nSPS) is 19.7. The molecule has 4 aromatic rings. The first-order valence-corrected chi connectivity index (χ1v) is 12.4. The Balaban J connectivity index is 1.18. The predicted octanol–water partition coefficient (Wildman–Crippen LogP) is 3.55. The summed E-state index contributed by atoms with van der Waals surface area (Å²) in [5.74, 6) is 1.04. The van der Waals surface area contributed by atoms with E-state index in [1.54, 1.807) is 17.8 Å². The molecule has 0 spiro atoms. The summed E-state index contributed by atoms with van der Waals surface area (Å²) in [6.45, 7) is 2.85. The second kappa shape index (κ2) is 8.31. The standard InChI is InChI=1S/C25H23N7OS/c1-34-24-5-2-16(9-28-24)12-31-19-6-20(31)14-30(13-19)23-4-3-17(10-27-23)22-7-21(33)15-32-25(22)18(8-26)11-29-32/h2-5,7,9-11,15,19-20,33H,6,12-14H2,1H3. The molecule has 4 aromatic heterocycles. The van der Waals surface area contributed by atoms with Crippen LogP contribution >= 0.6 is 11.8 Å². The van der Waals surface area contributed by atoms with Crippen LogP contribution in [0.3, 0.4) is 0 Å². The first-order valence-electron chi connectivity index (χ1n) is 11.2. The van der Waals surface area contributed by atoms with Crippen LogP contribution in [-0.2, 0) is 6.54 Å². The summed E-state index contributed by atoms with van der Waals surface area (Å²) < 4.78 is 1.54. The molecule has 2 unspecified atom stereocenters. The quantitative estimate of drug-likeness (QED) is 0.444. The molecule has 7 heterocycles. The van der Waals surface area contributed by atoms with E-state index in [9.17, 15) is 10.4 Å². The van der Waals surface area contributed by atoms with Gasteiger partial charge in [0, 0.05) is 55.2 Å². The van der Waals surface area contributed by atoms with Crippen molar-refractivity contribution in [3.63, 3.8) is 0 Å². The second-order valence-corrected chi connectivity index (χ2v) is 9.64. The number of hydrogen-bond acceptors (Lipinski definition) is 8. The van der Waals surface area contributed by atoms with Crippen molar-refractivity contribution in [2.75, 3.05) is 24.2 Å². The third-order valence-electron chi connectivity index (χ3n) is 6.82. The SMILES string of the molecule is CSc1ccc(CN2C3CC2CN(c2ccc(-c4cc(O)cn5ncc(C#N)c45)cn2)C3)cn1. The Bertz CT molecular complexity index is 1380. The number of hydrogen-bond donors (Lipinski definition) is 1. The summed E-state index contributed by atoms with van der Waals surface area (Å²) in [6, 6.07) is 13.2. The molecule has 0 amide bonds. The molecule has 8 nitrogen and oxygen atoms in total. The molecule has 3 aliphatic heterocycles. The number of fused-ring (bicyclic) bond motifs is 3. The molecular weight excluding hydrogens is 446 g/mol. The van der Waals surface area contributed by atoms with Crippen molar-refractivity contribution in [2.45, 2.75) is 30.1 Å². The van der Waals surface area contributed by atoms with Gasteiger partial charge in [0.2, 0.25) is 0 Å². The van der Waals surface area contributed by atoms with Crippen LogP contribution in [-0.4, -0.2) is 61.0 Å². The molecule has 1 N–H and O–H groups in total. The van der Waals surface area contributed by atoms with E-state index in [0.29, 0.717) is 23.2 Å². The lowest BCUT2D eigenvalue weighted by atomic mass is 9.87. The monoisotopic (exact) mass is 469 g/mol. The fourth-order valence-corrected chi connectivity index (χ4v) is 5.47. The minimum Gasteiger partial charge on any atom is -0.506 e. The van der Waals surface area contributed by atoms with Crippen molar-refractivity contribution >= 4 is 23.1 Å². The van der Waals surface area contributed by atoms with Crippen LogP contribution in [0.15, 0.2) is 60.1 Å². The lowest BCUT2D eigenvalue weighted by Crippen LogP contribution is -2.68. The number of rotatable bonds is 5. The van der Waals surface area contributed by atoms with Gasteiger partial charge >= 0.3 is 0 Å². The molecule has 3 aliphatic rings. The first-order chi connectivity index (χ1) is 16.6. The summed E-state index contributed by atoms with van der Waals surface area (Å²) in [7, 11) is 0. The highest BCUT2D eigenvalue weighted by Crippen LogP contribution is 2.36. The Morgan fingerprint density at radius 1 is 1.12 bits per heavy atom. The topological polar surface area (TPSA) is 93.6 Å². The number of piperazine rings is 1. The van der Waals surface area contributed by atoms with E-state index in [1.807, 2.05) is 30.8 Å². The molecule has 9 heteroatoms. The van der Waals surface area contributed by atoms with Crippen molar-refractivity contribution < 1.29 is 5.11 Å². The summed E-state index contributed by atoms with van der Waals surface area (Å²) in [4.78, 5) is 14.2. The van der Waals surface area contributed by atoms with Gasteiger partial charge < -0.3 is 10.0 Å². The summed E-state index contributed by atoms with van der Waals surface area (Å²) in [5, 5.41) is 24.8. The van der Waals surface area contributed by atoms with Gasteiger partial charge in [0.05, 0.1) is 28.5 Å². The van der Waals surface area contributed by atoms with Crippen LogP contribution < -0.4 is 4.90 Å². The number of pyridine rings is 3. The van der Waals surface area contributed by atoms with E-state index in [2.05, 4.69) is 38.1 Å². The Labute approximate surface area is 201 Å². The fourth-order valence-electron chi connectivity index (χ4n) is 5.11. The van der Waals surface area contributed by atoms with Gasteiger partial charge in [0.25, 0.3) is 0 Å². The van der Waals surface area contributed by atoms with Crippen molar-refractivity contribution in [1.29, 1.82) is 5.26 Å². The Kier molecular flexibility index (Phi) is 5.12. The van der Waals surface area contributed by atoms with E-state index in [4.69, 9.17) is 4.98 Å². The van der Waals surface area contributed by atoms with Gasteiger partial charge in [-0.2, -0.15) is 10.4 Å². The largest absolute Gasteiger partial charge is 0.506 e. The lowest BCUT2D eigenvalue weighted by Gasteiger charge is -2.56. The Hall–Kier alpha value is -3.61. The number of piperidine rings is 1. The highest BCUT2D eigenvalue weighted by atomic mass is 32.2. The van der Waals surface area contributed by atoms with Crippen LogP contribution in [0.2, 0.25) is 0 Å². The third-order valence-corrected chi connectivity index (χ3v) is 7.48. The zero-order chi connectivity index (χ0) is 23.2. The van der Waals surface area contributed by atoms with Gasteiger partial charge in [-0.25, -0.2) is 14.5 Å². The first kappa shape index (κ1) is 21.0. The van der Waals surface area contributed by atoms with E-state index in [0.717, 1.165) is 41.6 Å². The number of aromatic hydroxyl groups is 1. The smallest absolute Gasteiger partial charge is 0.134 e. The molecule has 7 rings (SSSR count). The number of aromatic nitrogens is 4. The molecule has 170 valence electrons. The maximum Gasteiger partial charge on any atom is 0.134 e. The van der Waals surface area contributed by atoms with E-state index in [1.165, 1.54) is 28.9 Å². The van der Waals surface area contributed by atoms with Crippen molar-refractivity contribution in [3.05, 3.63) is 66.2 Å². The molecule has 34 heavy (non-hydrogen) atoms. The van der Waals surface area contributed by atoms with Crippen molar-refractivity contribution in [2.24, 2.45) is 0 Å². The van der Waals surface area contributed by atoms with E-state index >= 15 is 0 Å². The van der Waals surface area contributed by atoms with E-state index < -0.39 is 0 Å². The van der Waals surface area contributed by atoms with Gasteiger partial charge in [0.15, 0.2) is 0 Å². The third kappa shape index (κ3) is 3.56. The molecule has 0 aromatic carbocycles. The molecule has 3 fully saturated rings. The zero-order valence-electron chi connectivity index (χ0n) is 18.7. The molecule has 2 bridgehead atoms.